The zero-order chi connectivity index (χ0) is 59.8. The summed E-state index contributed by atoms with van der Waals surface area (Å²) < 4.78 is 70.4. The van der Waals surface area contributed by atoms with Gasteiger partial charge in [0.05, 0.1) is 73.0 Å². The maximum Gasteiger partial charge on any atom is 0.345 e. The topological polar surface area (TPSA) is 213 Å². The van der Waals surface area contributed by atoms with Crippen molar-refractivity contribution in [3.8, 4) is 69.0 Å². The Kier molecular flexibility index (Phi) is 23.1. The number of benzene rings is 7. The van der Waals surface area contributed by atoms with Crippen molar-refractivity contribution in [2.24, 2.45) is 0 Å². The van der Waals surface area contributed by atoms with E-state index < -0.39 is 69.2 Å². The minimum Gasteiger partial charge on any atom is -0.494 e. The highest BCUT2D eigenvalue weighted by molar-refractivity contribution is 6.25. The molecule has 0 heterocycles. The molecule has 0 bridgehead atoms. The van der Waals surface area contributed by atoms with Gasteiger partial charge in [-0.25, -0.2) is 28.8 Å². The summed E-state index contributed by atoms with van der Waals surface area (Å²) in [4.78, 5) is 93.3. The van der Waals surface area contributed by atoms with Gasteiger partial charge in [-0.1, -0.05) is 41.5 Å². The summed E-state index contributed by atoms with van der Waals surface area (Å²) in [5.74, 6) is -7.62. The van der Waals surface area contributed by atoms with E-state index in [1.165, 1.54) is 146 Å². The number of esters is 6. The molecule has 18 heteroatoms. The van der Waals surface area contributed by atoms with Gasteiger partial charge in [0.2, 0.25) is 0 Å². The Bertz CT molecular complexity index is 2720. The van der Waals surface area contributed by atoms with Gasteiger partial charge in [0.25, 0.3) is 0 Å². The van der Waals surface area contributed by atoms with Crippen molar-refractivity contribution in [1.29, 1.82) is 0 Å². The van der Waals surface area contributed by atoms with Crippen LogP contribution in [-0.4, -0.2) is 75.5 Å². The predicted octanol–water partition coefficient (Wildman–Crippen LogP) is 13.7. The largest absolute Gasteiger partial charge is 0.494 e. The first-order valence-corrected chi connectivity index (χ1v) is 27.8. The molecule has 438 valence electrons. The van der Waals surface area contributed by atoms with Gasteiger partial charge >= 0.3 is 35.8 Å². The second-order valence-corrected chi connectivity index (χ2v) is 18.5. The third-order valence-corrected chi connectivity index (χ3v) is 11.8. The van der Waals surface area contributed by atoms with Gasteiger partial charge in [0.15, 0.2) is 0 Å². The van der Waals surface area contributed by atoms with Crippen molar-refractivity contribution in [1.82, 2.24) is 0 Å². The van der Waals surface area contributed by atoms with Crippen LogP contribution < -0.4 is 56.8 Å². The number of rotatable bonds is 30. The molecule has 0 spiro atoms. The van der Waals surface area contributed by atoms with E-state index in [4.69, 9.17) is 56.8 Å². The first-order valence-electron chi connectivity index (χ1n) is 27.8. The third-order valence-electron chi connectivity index (χ3n) is 11.8. The van der Waals surface area contributed by atoms with Crippen LogP contribution >= 0.6 is 0 Å². The maximum absolute atomic E-state index is 15.5. The molecule has 0 radical (unpaired) electrons. The van der Waals surface area contributed by atoms with Gasteiger partial charge in [-0.2, -0.15) is 0 Å². The van der Waals surface area contributed by atoms with Crippen molar-refractivity contribution in [3.05, 3.63) is 179 Å². The summed E-state index contributed by atoms with van der Waals surface area (Å²) in [6.45, 7) is 13.8. The van der Waals surface area contributed by atoms with E-state index in [-0.39, 0.29) is 34.5 Å². The molecular formula is C66H66O18. The zero-order valence-corrected chi connectivity index (χ0v) is 47.7. The zero-order valence-electron chi connectivity index (χ0n) is 47.7. The summed E-state index contributed by atoms with van der Waals surface area (Å²) in [6.07, 6.45) is 4.16. The van der Waals surface area contributed by atoms with Crippen LogP contribution in [0.4, 0.5) is 0 Å². The molecule has 0 amide bonds. The molecule has 7 aromatic rings. The molecule has 0 aromatic heterocycles. The molecule has 0 saturated carbocycles. The molecule has 0 N–H and O–H groups in total. The lowest BCUT2D eigenvalue weighted by atomic mass is 9.85. The first-order chi connectivity index (χ1) is 40.9. The Morgan fingerprint density at radius 2 is 0.310 bits per heavy atom. The summed E-state index contributed by atoms with van der Waals surface area (Å²) in [6, 6.07) is 34.6. The van der Waals surface area contributed by atoms with Crippen LogP contribution in [0.5, 0.6) is 69.0 Å². The molecule has 18 nitrogen and oxygen atoms in total. The van der Waals surface area contributed by atoms with Crippen molar-refractivity contribution >= 4 is 35.8 Å². The van der Waals surface area contributed by atoms with Gasteiger partial charge in [-0.05, 0) is 184 Å². The van der Waals surface area contributed by atoms with Crippen molar-refractivity contribution < 1.29 is 85.6 Å². The predicted molar refractivity (Wildman–Crippen MR) is 310 cm³/mol. The Hall–Kier alpha value is -9.84. The van der Waals surface area contributed by atoms with E-state index in [9.17, 15) is 0 Å². The first kappa shape index (κ1) is 61.8. The van der Waals surface area contributed by atoms with Crippen molar-refractivity contribution in [2.75, 3.05) is 39.6 Å². The average Bonchev–Trinajstić information content (AvgIpc) is 3.02. The van der Waals surface area contributed by atoms with E-state index >= 15 is 28.8 Å². The summed E-state index contributed by atoms with van der Waals surface area (Å²) in [7, 11) is 0. The van der Waals surface area contributed by atoms with Crippen molar-refractivity contribution in [2.45, 2.75) is 80.1 Å². The standard InChI is InChI=1S/C66H66O18/c1-7-37-73-43-13-25-49(26-14-43)79-61(67)55-56(62(68)80-50-27-15-44(16-28-50)74-38-8-2)58(64(70)82-52-31-19-46(20-32-52)76-40-10-4)60(66(72)84-54-35-23-48(24-36-54)78-42-12-6)59(65(71)83-53-33-21-47(22-34-53)77-41-11-5)57(55)63(69)81-51-29-17-45(18-30-51)75-39-9-3/h13-36H,7-12,37-42H2,1-6H3. The van der Waals surface area contributed by atoms with Gasteiger partial charge in [0.1, 0.15) is 69.0 Å². The molecule has 0 aliphatic carbocycles. The number of hydrogen-bond acceptors (Lipinski definition) is 18. The Balaban J connectivity index is 1.56. The van der Waals surface area contributed by atoms with E-state index in [2.05, 4.69) is 0 Å². The highest BCUT2D eigenvalue weighted by Gasteiger charge is 2.44. The highest BCUT2D eigenvalue weighted by atomic mass is 16.6. The van der Waals surface area contributed by atoms with Crippen LogP contribution in [0.15, 0.2) is 146 Å². The number of carbonyl (C=O) groups excluding carboxylic acids is 6. The lowest BCUT2D eigenvalue weighted by Crippen LogP contribution is -2.34. The molecule has 0 atom stereocenters. The van der Waals surface area contributed by atoms with Gasteiger partial charge in [-0.3, -0.25) is 0 Å². The molecule has 0 unspecified atom stereocenters. The maximum atomic E-state index is 15.5. The van der Waals surface area contributed by atoms with Crippen molar-refractivity contribution in [3.63, 3.8) is 0 Å². The normalized spacial score (nSPS) is 10.6. The van der Waals surface area contributed by atoms with Crippen LogP contribution in [0.3, 0.4) is 0 Å². The Morgan fingerprint density at radius 1 is 0.202 bits per heavy atom. The fraction of sp³-hybridized carbons (Fsp3) is 0.273. The van der Waals surface area contributed by atoms with Crippen LogP contribution in [0.2, 0.25) is 0 Å². The fourth-order valence-corrected chi connectivity index (χ4v) is 7.87. The lowest BCUT2D eigenvalue weighted by Gasteiger charge is -2.22. The fourth-order valence-electron chi connectivity index (χ4n) is 7.87. The number of carbonyl (C=O) groups is 6. The average molecular weight is 1150 g/mol. The molecule has 7 rings (SSSR count). The van der Waals surface area contributed by atoms with Crippen LogP contribution in [0, 0.1) is 0 Å². The molecule has 84 heavy (non-hydrogen) atoms. The SMILES string of the molecule is CCCOc1ccc(OC(=O)c2c(C(=O)Oc3ccc(OCCC)cc3)c(C(=O)Oc3ccc(OCCC)cc3)c(C(=O)Oc3ccc(OCCC)cc3)c(C(=O)Oc3ccc(OCCC)cc3)c2C(=O)Oc2ccc(OCCC)cc2)cc1. The monoisotopic (exact) mass is 1150 g/mol. The molecule has 0 fully saturated rings. The summed E-state index contributed by atoms with van der Waals surface area (Å²) >= 11 is 0. The Labute approximate surface area is 487 Å². The van der Waals surface area contributed by atoms with Gasteiger partial charge in [0, 0.05) is 0 Å². The van der Waals surface area contributed by atoms with Crippen LogP contribution in [0.25, 0.3) is 0 Å². The third kappa shape index (κ3) is 17.1. The van der Waals surface area contributed by atoms with E-state index in [0.29, 0.717) is 113 Å². The highest BCUT2D eigenvalue weighted by Crippen LogP contribution is 2.37. The smallest absolute Gasteiger partial charge is 0.345 e. The van der Waals surface area contributed by atoms with E-state index in [0.717, 1.165) is 0 Å². The molecule has 7 aromatic carbocycles. The van der Waals surface area contributed by atoms with E-state index in [1.807, 2.05) is 41.5 Å². The van der Waals surface area contributed by atoms with Crippen LogP contribution in [0.1, 0.15) is 142 Å². The second-order valence-electron chi connectivity index (χ2n) is 18.5. The Morgan fingerprint density at radius 3 is 0.417 bits per heavy atom. The molecule has 0 aliphatic rings. The van der Waals surface area contributed by atoms with E-state index in [1.54, 1.807) is 0 Å². The van der Waals surface area contributed by atoms with Gasteiger partial charge < -0.3 is 56.8 Å². The summed E-state index contributed by atoms with van der Waals surface area (Å²) in [5, 5.41) is 0. The number of ether oxygens (including phenoxy) is 12. The minimum absolute atomic E-state index is 0.160. The minimum atomic E-state index is -1.52. The quantitative estimate of drug-likeness (QED) is 0.0302. The number of hydrogen-bond donors (Lipinski definition) is 0. The second kappa shape index (κ2) is 31.4. The van der Waals surface area contributed by atoms with Gasteiger partial charge in [-0.15, -0.1) is 0 Å². The van der Waals surface area contributed by atoms with Crippen LogP contribution in [-0.2, 0) is 0 Å². The lowest BCUT2D eigenvalue weighted by molar-refractivity contribution is 0.0635. The molecule has 0 aliphatic heterocycles. The molecular weight excluding hydrogens is 1080 g/mol. The summed E-state index contributed by atoms with van der Waals surface area (Å²) in [5.41, 5.74) is -6.57. The molecule has 0 saturated heterocycles.